The number of nitrogens with one attached hydrogen (secondary N) is 1. The number of alkyl halides is 2. The third kappa shape index (κ3) is 3.53. The SMILES string of the molecule is Nc1cc(F)c(OC(F)F)cc1NCCc1ncno1. The number of hydrogen-bond acceptors (Lipinski definition) is 6. The number of anilines is 2. The molecule has 0 atom stereocenters. The lowest BCUT2D eigenvalue weighted by molar-refractivity contribution is -0.0521. The van der Waals surface area contributed by atoms with Gasteiger partial charge in [0.25, 0.3) is 0 Å². The van der Waals surface area contributed by atoms with Crippen LogP contribution in [0, 0.1) is 5.82 Å². The Labute approximate surface area is 111 Å². The fraction of sp³-hybridized carbons (Fsp3) is 0.273. The summed E-state index contributed by atoms with van der Waals surface area (Å²) in [5, 5.41) is 6.28. The summed E-state index contributed by atoms with van der Waals surface area (Å²) in [5.41, 5.74) is 5.94. The highest BCUT2D eigenvalue weighted by molar-refractivity contribution is 5.68. The molecule has 3 N–H and O–H groups in total. The molecule has 0 unspecified atom stereocenters. The van der Waals surface area contributed by atoms with Crippen molar-refractivity contribution >= 4 is 11.4 Å². The molecule has 1 heterocycles. The molecule has 0 amide bonds. The van der Waals surface area contributed by atoms with E-state index in [1.807, 2.05) is 0 Å². The Kier molecular flexibility index (Phi) is 4.28. The molecule has 0 saturated carbocycles. The molecule has 0 fully saturated rings. The average molecular weight is 288 g/mol. The van der Waals surface area contributed by atoms with Crippen molar-refractivity contribution < 1.29 is 22.4 Å². The van der Waals surface area contributed by atoms with Gasteiger partial charge >= 0.3 is 6.61 Å². The number of ether oxygens (including phenoxy) is 1. The number of rotatable bonds is 6. The van der Waals surface area contributed by atoms with E-state index in [1.165, 1.54) is 6.33 Å². The minimum atomic E-state index is -3.11. The van der Waals surface area contributed by atoms with Crippen molar-refractivity contribution in [3.8, 4) is 5.75 Å². The molecule has 0 aliphatic rings. The molecule has 0 aliphatic heterocycles. The van der Waals surface area contributed by atoms with Gasteiger partial charge in [0.05, 0.1) is 11.4 Å². The lowest BCUT2D eigenvalue weighted by atomic mass is 10.2. The summed E-state index contributed by atoms with van der Waals surface area (Å²) in [4.78, 5) is 3.81. The lowest BCUT2D eigenvalue weighted by Gasteiger charge is -2.12. The number of nitrogens with two attached hydrogens (primary N) is 1. The summed E-state index contributed by atoms with van der Waals surface area (Å²) in [7, 11) is 0. The predicted octanol–water partition coefficient (Wildman–Crippen LogP) is 2.05. The van der Waals surface area contributed by atoms with Crippen molar-refractivity contribution in [3.05, 3.63) is 30.2 Å². The summed E-state index contributed by atoms with van der Waals surface area (Å²) in [6.45, 7) is -2.76. The highest BCUT2D eigenvalue weighted by Crippen LogP contribution is 2.29. The van der Waals surface area contributed by atoms with Crippen LogP contribution in [-0.2, 0) is 6.42 Å². The van der Waals surface area contributed by atoms with E-state index in [0.717, 1.165) is 12.1 Å². The highest BCUT2D eigenvalue weighted by Gasteiger charge is 2.13. The standard InChI is InChI=1S/C11H11F3N4O2/c12-6-3-7(15)8(4-9(6)19-11(13)14)16-2-1-10-17-5-18-20-10/h3-5,11,16H,1-2,15H2. The van der Waals surface area contributed by atoms with Gasteiger partial charge in [-0.15, -0.1) is 0 Å². The molecule has 0 aliphatic carbocycles. The molecule has 6 nitrogen and oxygen atoms in total. The maximum atomic E-state index is 13.3. The summed E-state index contributed by atoms with van der Waals surface area (Å²) in [6.07, 6.45) is 1.66. The van der Waals surface area contributed by atoms with Crippen molar-refractivity contribution in [2.45, 2.75) is 13.0 Å². The van der Waals surface area contributed by atoms with Crippen LogP contribution in [0.1, 0.15) is 5.89 Å². The maximum Gasteiger partial charge on any atom is 0.387 e. The van der Waals surface area contributed by atoms with E-state index < -0.39 is 18.2 Å². The monoisotopic (exact) mass is 288 g/mol. The lowest BCUT2D eigenvalue weighted by Crippen LogP contribution is -2.09. The van der Waals surface area contributed by atoms with Crippen LogP contribution in [0.5, 0.6) is 5.75 Å². The third-order valence-corrected chi connectivity index (χ3v) is 2.38. The van der Waals surface area contributed by atoms with Crippen molar-refractivity contribution in [3.63, 3.8) is 0 Å². The third-order valence-electron chi connectivity index (χ3n) is 2.38. The Morgan fingerprint density at radius 2 is 2.20 bits per heavy atom. The van der Waals surface area contributed by atoms with Crippen LogP contribution in [0.15, 0.2) is 23.0 Å². The second-order valence-electron chi connectivity index (χ2n) is 3.76. The molecule has 9 heteroatoms. The van der Waals surface area contributed by atoms with Crippen LogP contribution >= 0.6 is 0 Å². The fourth-order valence-electron chi connectivity index (χ4n) is 1.52. The molecule has 0 bridgehead atoms. The zero-order chi connectivity index (χ0) is 14.5. The molecule has 108 valence electrons. The summed E-state index contributed by atoms with van der Waals surface area (Å²) in [5.74, 6) is -1.12. The Bertz CT molecular complexity index is 563. The Morgan fingerprint density at radius 3 is 2.85 bits per heavy atom. The largest absolute Gasteiger partial charge is 0.432 e. The smallest absolute Gasteiger partial charge is 0.387 e. The molecular formula is C11H11F3N4O2. The maximum absolute atomic E-state index is 13.3. The molecule has 2 rings (SSSR count). The minimum absolute atomic E-state index is 0.0784. The second kappa shape index (κ2) is 6.13. The average Bonchev–Trinajstić information content (AvgIpc) is 2.87. The first-order valence-corrected chi connectivity index (χ1v) is 5.59. The van der Waals surface area contributed by atoms with E-state index in [4.69, 9.17) is 10.3 Å². The molecule has 0 radical (unpaired) electrons. The van der Waals surface area contributed by atoms with Crippen LogP contribution in [0.4, 0.5) is 24.5 Å². The van der Waals surface area contributed by atoms with E-state index in [9.17, 15) is 13.2 Å². The number of benzene rings is 1. The Morgan fingerprint density at radius 1 is 1.40 bits per heavy atom. The van der Waals surface area contributed by atoms with E-state index in [1.54, 1.807) is 0 Å². The zero-order valence-electron chi connectivity index (χ0n) is 10.1. The van der Waals surface area contributed by atoms with E-state index in [0.29, 0.717) is 18.9 Å². The number of hydrogen-bond donors (Lipinski definition) is 2. The zero-order valence-corrected chi connectivity index (χ0v) is 10.1. The van der Waals surface area contributed by atoms with Crippen LogP contribution in [0.2, 0.25) is 0 Å². The van der Waals surface area contributed by atoms with E-state index in [-0.39, 0.29) is 11.4 Å². The molecule has 0 saturated heterocycles. The van der Waals surface area contributed by atoms with Gasteiger partial charge in [0, 0.05) is 25.1 Å². The molecule has 2 aromatic rings. The van der Waals surface area contributed by atoms with Gasteiger partial charge < -0.3 is 20.3 Å². The first-order valence-electron chi connectivity index (χ1n) is 5.59. The summed E-state index contributed by atoms with van der Waals surface area (Å²) < 4.78 is 46.4. The van der Waals surface area contributed by atoms with Gasteiger partial charge in [0.15, 0.2) is 17.9 Å². The van der Waals surface area contributed by atoms with Crippen molar-refractivity contribution in [2.24, 2.45) is 0 Å². The van der Waals surface area contributed by atoms with E-state index >= 15 is 0 Å². The summed E-state index contributed by atoms with van der Waals surface area (Å²) in [6, 6.07) is 1.98. The number of aromatic nitrogens is 2. The van der Waals surface area contributed by atoms with Crippen molar-refractivity contribution in [1.82, 2.24) is 10.1 Å². The Hall–Kier alpha value is -2.45. The fourth-order valence-corrected chi connectivity index (χ4v) is 1.52. The van der Waals surface area contributed by atoms with Gasteiger partial charge in [-0.2, -0.15) is 13.8 Å². The minimum Gasteiger partial charge on any atom is -0.432 e. The molecule has 20 heavy (non-hydrogen) atoms. The Balaban J connectivity index is 2.02. The van der Waals surface area contributed by atoms with Crippen LogP contribution < -0.4 is 15.8 Å². The number of nitrogen functional groups attached to an aromatic ring is 1. The van der Waals surface area contributed by atoms with Crippen LogP contribution in [0.25, 0.3) is 0 Å². The number of nitrogens with zero attached hydrogens (tertiary/aromatic N) is 2. The predicted molar refractivity (Wildman–Crippen MR) is 63.9 cm³/mol. The molecule has 0 spiro atoms. The van der Waals surface area contributed by atoms with Crippen molar-refractivity contribution in [1.29, 1.82) is 0 Å². The van der Waals surface area contributed by atoms with Gasteiger partial charge in [0.1, 0.15) is 0 Å². The quantitative estimate of drug-likeness (QED) is 0.791. The first kappa shape index (κ1) is 14.0. The van der Waals surface area contributed by atoms with Crippen molar-refractivity contribution in [2.75, 3.05) is 17.6 Å². The molecule has 1 aromatic heterocycles. The highest BCUT2D eigenvalue weighted by atomic mass is 19.3. The van der Waals surface area contributed by atoms with E-state index in [2.05, 4.69) is 20.2 Å². The van der Waals surface area contributed by atoms with Crippen LogP contribution in [-0.4, -0.2) is 23.3 Å². The van der Waals surface area contributed by atoms with Gasteiger partial charge in [-0.1, -0.05) is 5.16 Å². The normalized spacial score (nSPS) is 10.8. The first-order chi connectivity index (χ1) is 9.56. The second-order valence-corrected chi connectivity index (χ2v) is 3.76. The van der Waals surface area contributed by atoms with Gasteiger partial charge in [-0.25, -0.2) is 4.39 Å². The van der Waals surface area contributed by atoms with Gasteiger partial charge in [-0.3, -0.25) is 0 Å². The van der Waals surface area contributed by atoms with Crippen LogP contribution in [0.3, 0.4) is 0 Å². The van der Waals surface area contributed by atoms with Gasteiger partial charge in [-0.05, 0) is 0 Å². The summed E-state index contributed by atoms with van der Waals surface area (Å²) >= 11 is 0. The topological polar surface area (TPSA) is 86.2 Å². The van der Waals surface area contributed by atoms with Gasteiger partial charge in [0.2, 0.25) is 5.89 Å². The molecule has 1 aromatic carbocycles. The molecular weight excluding hydrogens is 277 g/mol. The number of halogens is 3.